The molecule has 43 heavy (non-hydrogen) atoms. The van der Waals surface area contributed by atoms with Crippen molar-refractivity contribution in [2.75, 3.05) is 4.90 Å². The summed E-state index contributed by atoms with van der Waals surface area (Å²) in [7, 11) is 0. The van der Waals surface area contributed by atoms with Crippen molar-refractivity contribution in [2.24, 2.45) is 0 Å². The van der Waals surface area contributed by atoms with Crippen LogP contribution in [-0.4, -0.2) is 4.98 Å². The van der Waals surface area contributed by atoms with E-state index < -0.39 is 0 Å². The van der Waals surface area contributed by atoms with Gasteiger partial charge in [-0.2, -0.15) is 0 Å². The van der Waals surface area contributed by atoms with Gasteiger partial charge in [0, 0.05) is 47.7 Å². The van der Waals surface area contributed by atoms with Crippen molar-refractivity contribution < 1.29 is 4.42 Å². The van der Waals surface area contributed by atoms with Gasteiger partial charge in [0.05, 0.1) is 6.20 Å². The number of anilines is 3. The summed E-state index contributed by atoms with van der Waals surface area (Å²) in [6, 6.07) is 49.5. The van der Waals surface area contributed by atoms with E-state index in [4.69, 9.17) is 9.40 Å². The first-order chi connectivity index (χ1) is 21.3. The van der Waals surface area contributed by atoms with Crippen LogP contribution in [0.4, 0.5) is 17.2 Å². The van der Waals surface area contributed by atoms with Gasteiger partial charge in [-0.05, 0) is 59.0 Å². The van der Waals surface area contributed by atoms with Crippen LogP contribution in [0.2, 0.25) is 0 Å². The SMILES string of the molecule is c1ccc(-c2ccc(N(c3ccc4c(c3)sc3ccccc34)c3cc4c(cn3)oc3c5ccccc5ccc43)cc2)cc1. The van der Waals surface area contributed by atoms with E-state index >= 15 is 0 Å². The molecular weight excluding hydrogens is 545 g/mol. The van der Waals surface area contributed by atoms with Crippen molar-refractivity contribution in [2.45, 2.75) is 0 Å². The summed E-state index contributed by atoms with van der Waals surface area (Å²) in [5.74, 6) is 0.844. The number of thiophene rings is 1. The van der Waals surface area contributed by atoms with Crippen LogP contribution < -0.4 is 4.90 Å². The second-order valence-electron chi connectivity index (χ2n) is 10.8. The first-order valence-electron chi connectivity index (χ1n) is 14.4. The van der Waals surface area contributed by atoms with Crippen molar-refractivity contribution in [3.8, 4) is 11.1 Å². The quantitative estimate of drug-likeness (QED) is 0.211. The van der Waals surface area contributed by atoms with E-state index in [1.54, 1.807) is 0 Å². The van der Waals surface area contributed by atoms with Gasteiger partial charge in [0.25, 0.3) is 0 Å². The van der Waals surface area contributed by atoms with Gasteiger partial charge in [-0.15, -0.1) is 11.3 Å². The molecule has 3 nitrogen and oxygen atoms in total. The summed E-state index contributed by atoms with van der Waals surface area (Å²) < 4.78 is 8.94. The van der Waals surface area contributed by atoms with Gasteiger partial charge >= 0.3 is 0 Å². The molecule has 3 aromatic heterocycles. The summed E-state index contributed by atoms with van der Waals surface area (Å²) in [6.45, 7) is 0. The van der Waals surface area contributed by atoms with Crippen LogP contribution >= 0.6 is 11.3 Å². The van der Waals surface area contributed by atoms with E-state index in [0.717, 1.165) is 44.5 Å². The fourth-order valence-corrected chi connectivity index (χ4v) is 7.36. The number of hydrogen-bond donors (Lipinski definition) is 0. The Morgan fingerprint density at radius 3 is 2.09 bits per heavy atom. The minimum atomic E-state index is 0.787. The van der Waals surface area contributed by atoms with Crippen LogP contribution in [0.15, 0.2) is 150 Å². The molecule has 0 atom stereocenters. The van der Waals surface area contributed by atoms with Crippen molar-refractivity contribution >= 4 is 81.4 Å². The molecule has 0 fully saturated rings. The Hall–Kier alpha value is -5.45. The molecular formula is C39H24N2OS. The highest BCUT2D eigenvalue weighted by molar-refractivity contribution is 7.25. The summed E-state index contributed by atoms with van der Waals surface area (Å²) >= 11 is 1.83. The maximum absolute atomic E-state index is 6.39. The minimum Gasteiger partial charge on any atom is -0.454 e. The molecule has 0 amide bonds. The van der Waals surface area contributed by atoms with E-state index in [9.17, 15) is 0 Å². The number of hydrogen-bond acceptors (Lipinski definition) is 4. The van der Waals surface area contributed by atoms with E-state index in [2.05, 4.69) is 138 Å². The zero-order valence-corrected chi connectivity index (χ0v) is 23.9. The molecule has 4 heteroatoms. The van der Waals surface area contributed by atoms with Crippen molar-refractivity contribution in [1.82, 2.24) is 4.98 Å². The van der Waals surface area contributed by atoms with E-state index in [1.165, 1.54) is 36.7 Å². The monoisotopic (exact) mass is 568 g/mol. The number of rotatable bonds is 4. The van der Waals surface area contributed by atoms with Crippen LogP contribution in [-0.2, 0) is 0 Å². The first kappa shape index (κ1) is 24.2. The lowest BCUT2D eigenvalue weighted by atomic mass is 10.0. The van der Waals surface area contributed by atoms with E-state index in [1.807, 2.05) is 23.6 Å². The minimum absolute atomic E-state index is 0.787. The van der Waals surface area contributed by atoms with Crippen LogP contribution in [0.3, 0.4) is 0 Å². The highest BCUT2D eigenvalue weighted by Crippen LogP contribution is 2.42. The van der Waals surface area contributed by atoms with Gasteiger partial charge in [-0.3, -0.25) is 4.90 Å². The van der Waals surface area contributed by atoms with Crippen LogP contribution in [0, 0.1) is 0 Å². The maximum Gasteiger partial charge on any atom is 0.153 e. The van der Waals surface area contributed by atoms with E-state index in [-0.39, 0.29) is 0 Å². The fourth-order valence-electron chi connectivity index (χ4n) is 6.22. The third-order valence-electron chi connectivity index (χ3n) is 8.32. The van der Waals surface area contributed by atoms with Crippen molar-refractivity contribution in [3.05, 3.63) is 146 Å². The molecule has 0 saturated carbocycles. The largest absolute Gasteiger partial charge is 0.454 e. The zero-order chi connectivity index (χ0) is 28.3. The lowest BCUT2D eigenvalue weighted by Gasteiger charge is -2.24. The predicted octanol–water partition coefficient (Wildman–Crippen LogP) is 11.6. The smallest absolute Gasteiger partial charge is 0.153 e. The molecule has 9 aromatic rings. The fraction of sp³-hybridized carbons (Fsp3) is 0. The molecule has 6 aromatic carbocycles. The number of benzene rings is 6. The van der Waals surface area contributed by atoms with Gasteiger partial charge in [-0.1, -0.05) is 97.1 Å². The Kier molecular flexibility index (Phi) is 5.37. The van der Waals surface area contributed by atoms with Gasteiger partial charge in [-0.25, -0.2) is 4.98 Å². The summed E-state index contributed by atoms with van der Waals surface area (Å²) in [5.41, 5.74) is 6.18. The Bertz CT molecular complexity index is 2460. The molecule has 0 unspecified atom stereocenters. The molecule has 0 aliphatic heterocycles. The average molecular weight is 569 g/mol. The highest BCUT2D eigenvalue weighted by Gasteiger charge is 2.19. The molecule has 0 N–H and O–H groups in total. The molecule has 202 valence electrons. The highest BCUT2D eigenvalue weighted by atomic mass is 32.1. The number of aromatic nitrogens is 1. The number of nitrogens with zero attached hydrogens (tertiary/aromatic N) is 2. The van der Waals surface area contributed by atoms with Crippen molar-refractivity contribution in [3.63, 3.8) is 0 Å². The third-order valence-corrected chi connectivity index (χ3v) is 9.45. The number of furan rings is 1. The molecule has 9 rings (SSSR count). The van der Waals surface area contributed by atoms with Crippen molar-refractivity contribution in [1.29, 1.82) is 0 Å². The second kappa shape index (κ2) is 9.55. The molecule has 0 radical (unpaired) electrons. The second-order valence-corrected chi connectivity index (χ2v) is 11.9. The zero-order valence-electron chi connectivity index (χ0n) is 23.1. The summed E-state index contributed by atoms with van der Waals surface area (Å²) in [4.78, 5) is 7.22. The van der Waals surface area contributed by atoms with Crippen LogP contribution in [0.1, 0.15) is 0 Å². The summed E-state index contributed by atoms with van der Waals surface area (Å²) in [5, 5.41) is 7.00. The van der Waals surface area contributed by atoms with Crippen LogP contribution in [0.5, 0.6) is 0 Å². The molecule has 0 bridgehead atoms. The van der Waals surface area contributed by atoms with Gasteiger partial charge in [0.15, 0.2) is 5.58 Å². The topological polar surface area (TPSA) is 29.3 Å². The normalized spacial score (nSPS) is 11.7. The lowest BCUT2D eigenvalue weighted by molar-refractivity contribution is 0.670. The Morgan fingerprint density at radius 1 is 0.512 bits per heavy atom. The molecule has 3 heterocycles. The number of pyridine rings is 1. The summed E-state index contributed by atoms with van der Waals surface area (Å²) in [6.07, 6.45) is 1.86. The standard InChI is InChI=1S/C39H24N2OS/c1-2-8-25(9-3-1)26-14-17-28(18-15-26)41(29-19-21-32-31-12-6-7-13-36(31)43-37(32)22-29)38-23-34-33-20-16-27-10-4-5-11-30(27)39(33)42-35(34)24-40-38/h1-24H. The van der Waals surface area contributed by atoms with E-state index in [0.29, 0.717) is 0 Å². The Balaban J connectivity index is 1.24. The first-order valence-corrected chi connectivity index (χ1v) is 15.2. The Labute approximate surface area is 251 Å². The molecule has 0 spiro atoms. The third kappa shape index (κ3) is 3.92. The Morgan fingerprint density at radius 2 is 1.21 bits per heavy atom. The molecule has 0 aliphatic rings. The van der Waals surface area contributed by atoms with Gasteiger partial charge < -0.3 is 4.42 Å². The van der Waals surface area contributed by atoms with Gasteiger partial charge in [0.2, 0.25) is 0 Å². The lowest BCUT2D eigenvalue weighted by Crippen LogP contribution is -2.11. The molecule has 0 aliphatic carbocycles. The average Bonchev–Trinajstić information content (AvgIpc) is 3.64. The number of fused-ring (bicyclic) bond motifs is 8. The van der Waals surface area contributed by atoms with Gasteiger partial charge in [0.1, 0.15) is 11.4 Å². The van der Waals surface area contributed by atoms with Crippen LogP contribution in [0.25, 0.3) is 64.0 Å². The maximum atomic E-state index is 6.39. The molecule has 0 saturated heterocycles. The predicted molar refractivity (Wildman–Crippen MR) is 182 cm³/mol.